The van der Waals surface area contributed by atoms with Crippen LogP contribution < -0.4 is 32.1 Å². The van der Waals surface area contributed by atoms with Gasteiger partial charge in [-0.1, -0.05) is 133 Å². The summed E-state index contributed by atoms with van der Waals surface area (Å²) in [5, 5.41) is 10.9. The summed E-state index contributed by atoms with van der Waals surface area (Å²) in [6.07, 6.45) is 5.25. The molecule has 45 heavy (non-hydrogen) atoms. The molecule has 0 unspecified atom stereocenters. The topological polar surface area (TPSA) is 61.4 Å². The van der Waals surface area contributed by atoms with Crippen LogP contribution in [-0.2, 0) is 0 Å². The second kappa shape index (κ2) is 13.6. The normalized spacial score (nSPS) is 15.0. The van der Waals surface area contributed by atoms with Crippen molar-refractivity contribution < 1.29 is 0 Å². The molecule has 0 amide bonds. The number of rotatable bonds is 12. The van der Waals surface area contributed by atoms with E-state index in [-0.39, 0.29) is 18.1 Å². The minimum absolute atomic E-state index is 0.0862. The van der Waals surface area contributed by atoms with Gasteiger partial charge in [-0.25, -0.2) is 0 Å². The maximum atomic E-state index is 13.2. The zero-order valence-corrected chi connectivity index (χ0v) is 26.7. The molecule has 0 saturated carbocycles. The largest absolute Gasteiger partial charge is 0.374 e. The average molecular weight is 612 g/mol. The van der Waals surface area contributed by atoms with Crippen LogP contribution in [-0.4, -0.2) is 25.0 Å². The molecule has 5 aromatic carbocycles. The molecule has 0 radical (unpaired) electrons. The Labute approximate surface area is 266 Å². The predicted octanol–water partition coefficient (Wildman–Crippen LogP) is 6.89. The fourth-order valence-electron chi connectivity index (χ4n) is 6.28. The molecular formula is C39H38N3O2P. The van der Waals surface area contributed by atoms with Gasteiger partial charge >= 0.3 is 0 Å². The molecule has 0 saturated heterocycles. The molecule has 0 fully saturated rings. The number of nitrogens with one attached hydrogen (secondary N) is 2. The van der Waals surface area contributed by atoms with E-state index in [0.717, 1.165) is 17.5 Å². The molecule has 1 aliphatic rings. The summed E-state index contributed by atoms with van der Waals surface area (Å²) in [4.78, 5) is 28.4. The van der Waals surface area contributed by atoms with Crippen molar-refractivity contribution in [2.24, 2.45) is 0 Å². The standard InChI is InChI=1S/C39H38N3O2P/c1-27(32-25-16-26-33(32)45(30-21-12-6-13-22-30)31-23-14-7-15-24-31)40-35-36(39(44)38(35)43)41-34(28-17-8-4-9-18-28)37(42(2)3)29-19-10-5-11-20-29/h4-24,26-27,34,37,40-41H,25H2,1-3H3/t27-,34+,37+/m1/s1. The van der Waals surface area contributed by atoms with Crippen LogP contribution in [0.2, 0.25) is 0 Å². The molecule has 5 nitrogen and oxygen atoms in total. The van der Waals surface area contributed by atoms with Crippen LogP contribution in [0.15, 0.2) is 154 Å². The Bertz CT molecular complexity index is 1820. The first-order valence-corrected chi connectivity index (χ1v) is 16.7. The van der Waals surface area contributed by atoms with Crippen molar-refractivity contribution >= 4 is 29.9 Å². The van der Waals surface area contributed by atoms with Crippen molar-refractivity contribution in [3.05, 3.63) is 176 Å². The highest BCUT2D eigenvalue weighted by atomic mass is 31.1. The smallest absolute Gasteiger partial charge is 0.253 e. The number of allylic oxidation sites excluding steroid dienone is 3. The van der Waals surface area contributed by atoms with E-state index < -0.39 is 18.8 Å². The van der Waals surface area contributed by atoms with Crippen molar-refractivity contribution in [3.8, 4) is 0 Å². The average Bonchev–Trinajstić information content (AvgIpc) is 3.57. The van der Waals surface area contributed by atoms with E-state index in [1.54, 1.807) is 0 Å². The molecule has 5 aromatic rings. The van der Waals surface area contributed by atoms with Gasteiger partial charge in [0.05, 0.1) is 12.1 Å². The maximum Gasteiger partial charge on any atom is 0.253 e. The summed E-state index contributed by atoms with van der Waals surface area (Å²) in [5.74, 6) is 0. The van der Waals surface area contributed by atoms with Gasteiger partial charge in [-0.15, -0.1) is 0 Å². The fourth-order valence-corrected chi connectivity index (χ4v) is 8.90. The summed E-state index contributed by atoms with van der Waals surface area (Å²) < 4.78 is 0. The van der Waals surface area contributed by atoms with E-state index in [1.165, 1.54) is 21.5 Å². The molecule has 0 spiro atoms. The van der Waals surface area contributed by atoms with Gasteiger partial charge < -0.3 is 15.5 Å². The number of hydrogen-bond donors (Lipinski definition) is 2. The molecule has 2 N–H and O–H groups in total. The van der Waals surface area contributed by atoms with Crippen LogP contribution in [0.3, 0.4) is 0 Å². The van der Waals surface area contributed by atoms with E-state index in [0.29, 0.717) is 11.4 Å². The summed E-state index contributed by atoms with van der Waals surface area (Å²) >= 11 is 0. The van der Waals surface area contributed by atoms with Gasteiger partial charge in [-0.3, -0.25) is 9.59 Å². The van der Waals surface area contributed by atoms with Gasteiger partial charge in [0.25, 0.3) is 10.9 Å². The van der Waals surface area contributed by atoms with Gasteiger partial charge in [0.1, 0.15) is 11.4 Å². The summed E-state index contributed by atoms with van der Waals surface area (Å²) in [7, 11) is 3.29. The van der Waals surface area contributed by atoms with Crippen molar-refractivity contribution in [1.82, 2.24) is 4.90 Å². The molecule has 0 aliphatic heterocycles. The lowest BCUT2D eigenvalue weighted by atomic mass is 9.91. The van der Waals surface area contributed by atoms with Gasteiger partial charge in [-0.2, -0.15) is 0 Å². The van der Waals surface area contributed by atoms with Crippen LogP contribution >= 0.6 is 7.92 Å². The lowest BCUT2D eigenvalue weighted by Crippen LogP contribution is -2.41. The molecule has 6 heteroatoms. The van der Waals surface area contributed by atoms with Crippen LogP contribution in [0.4, 0.5) is 11.4 Å². The van der Waals surface area contributed by atoms with Crippen molar-refractivity contribution in [2.45, 2.75) is 31.5 Å². The molecule has 0 heterocycles. The number of benzene rings is 4. The monoisotopic (exact) mass is 611 g/mol. The van der Waals surface area contributed by atoms with E-state index in [2.05, 4.69) is 107 Å². The second-order valence-electron chi connectivity index (χ2n) is 11.6. The van der Waals surface area contributed by atoms with Crippen molar-refractivity contribution in [3.63, 3.8) is 0 Å². The minimum atomic E-state index is -0.788. The lowest BCUT2D eigenvalue weighted by Gasteiger charge is -2.35. The number of anilines is 2. The maximum absolute atomic E-state index is 13.2. The number of nitrogens with zero attached hydrogens (tertiary/aromatic N) is 1. The Hall–Kier alpha value is -4.57. The Kier molecular flexibility index (Phi) is 9.21. The van der Waals surface area contributed by atoms with Gasteiger partial charge in [-0.05, 0) is 68.0 Å². The molecule has 1 aliphatic carbocycles. The molecular weight excluding hydrogens is 573 g/mol. The van der Waals surface area contributed by atoms with E-state index in [9.17, 15) is 9.59 Å². The molecule has 3 atom stereocenters. The third-order valence-corrected chi connectivity index (χ3v) is 11.0. The summed E-state index contributed by atoms with van der Waals surface area (Å²) in [5.41, 5.74) is 3.15. The van der Waals surface area contributed by atoms with Crippen LogP contribution in [0.1, 0.15) is 36.6 Å². The van der Waals surface area contributed by atoms with Crippen LogP contribution in [0.25, 0.3) is 0 Å². The molecule has 0 aromatic heterocycles. The van der Waals surface area contributed by atoms with Crippen LogP contribution in [0, 0.1) is 0 Å². The molecule has 0 bridgehead atoms. The Morgan fingerprint density at radius 1 is 0.644 bits per heavy atom. The predicted molar refractivity (Wildman–Crippen MR) is 190 cm³/mol. The summed E-state index contributed by atoms with van der Waals surface area (Å²) in [6.45, 7) is 2.09. The molecule has 6 rings (SSSR count). The van der Waals surface area contributed by atoms with E-state index in [1.807, 2.05) is 62.6 Å². The molecule has 226 valence electrons. The number of likely N-dealkylation sites (N-methyl/N-ethyl adjacent to an activating group) is 1. The quantitative estimate of drug-likeness (QED) is 0.119. The highest BCUT2D eigenvalue weighted by Gasteiger charge is 2.32. The van der Waals surface area contributed by atoms with E-state index in [4.69, 9.17) is 0 Å². The first-order chi connectivity index (χ1) is 21.9. The van der Waals surface area contributed by atoms with Gasteiger partial charge in [0, 0.05) is 6.04 Å². The van der Waals surface area contributed by atoms with Crippen LogP contribution in [0.5, 0.6) is 0 Å². The first kappa shape index (κ1) is 30.5. The first-order valence-electron chi connectivity index (χ1n) is 15.4. The highest BCUT2D eigenvalue weighted by Crippen LogP contribution is 2.49. The summed E-state index contributed by atoms with van der Waals surface area (Å²) in [6, 6.07) is 41.1. The zero-order chi connectivity index (χ0) is 31.3. The van der Waals surface area contributed by atoms with Gasteiger partial charge in [0.2, 0.25) is 0 Å². The highest BCUT2D eigenvalue weighted by molar-refractivity contribution is 7.77. The second-order valence-corrected chi connectivity index (χ2v) is 13.8. The third kappa shape index (κ3) is 6.33. The van der Waals surface area contributed by atoms with Gasteiger partial charge in [0.15, 0.2) is 0 Å². The minimum Gasteiger partial charge on any atom is -0.374 e. The zero-order valence-electron chi connectivity index (χ0n) is 25.9. The third-order valence-electron chi connectivity index (χ3n) is 8.48. The Balaban J connectivity index is 1.34. The van der Waals surface area contributed by atoms with E-state index >= 15 is 0 Å². The number of hydrogen-bond acceptors (Lipinski definition) is 5. The Morgan fingerprint density at radius 3 is 1.62 bits per heavy atom. The Morgan fingerprint density at radius 2 is 1.11 bits per heavy atom. The SMILES string of the molecule is C[C@@H](Nc1c(N[C@@H](c2ccccc2)[C@H](c2ccccc2)N(C)C)c(=O)c1=O)C1=C(P(c2ccccc2)c2ccccc2)C=CC1. The van der Waals surface area contributed by atoms with Crippen molar-refractivity contribution in [1.29, 1.82) is 0 Å². The fraction of sp³-hybridized carbons (Fsp3) is 0.179. The van der Waals surface area contributed by atoms with Crippen molar-refractivity contribution in [2.75, 3.05) is 24.7 Å². The lowest BCUT2D eigenvalue weighted by molar-refractivity contribution is 0.269.